The Hall–Kier alpha value is -5.54. The number of halogens is 6. The lowest BCUT2D eigenvalue weighted by Crippen LogP contribution is -2.56. The number of ether oxygens (including phenoxy) is 2. The Labute approximate surface area is 603 Å². The number of aliphatic hydroxyl groups excluding tert-OH is 1. The lowest BCUT2D eigenvalue weighted by molar-refractivity contribution is -0.185. The molecule has 2 amide bonds. The number of benzene rings is 2. The number of carbonyl (C=O) groups excluding carboxylic acids is 2. The van der Waals surface area contributed by atoms with Gasteiger partial charge >= 0.3 is 23.2 Å². The first-order chi connectivity index (χ1) is 46.8. The molecule has 4 aliphatic heterocycles. The van der Waals surface area contributed by atoms with Gasteiger partial charge in [0.05, 0.1) is 31.0 Å². The summed E-state index contributed by atoms with van der Waals surface area (Å²) in [7, 11) is -11.0. The topological polar surface area (TPSA) is 282 Å². The molecule has 102 heavy (non-hydrogen) atoms. The number of carbonyl (C=O) groups is 2. The summed E-state index contributed by atoms with van der Waals surface area (Å²) in [5, 5.41) is 43.7. The second kappa shape index (κ2) is 30.4. The Kier molecular flexibility index (Phi) is 24.5. The van der Waals surface area contributed by atoms with Crippen LogP contribution in [0.4, 0.5) is 27.8 Å². The van der Waals surface area contributed by atoms with Gasteiger partial charge in [-0.25, -0.2) is 28.6 Å². The fourth-order valence-corrected chi connectivity index (χ4v) is 16.9. The second-order valence-electron chi connectivity index (χ2n) is 33.0. The van der Waals surface area contributed by atoms with E-state index in [1.165, 1.54) is 30.5 Å². The molecular formula is C68H105ClF5N11O13Si4. The Morgan fingerprint density at radius 3 is 1.83 bits per heavy atom. The Balaban J connectivity index is 0.870. The molecule has 0 bridgehead atoms. The van der Waals surface area contributed by atoms with Crippen LogP contribution in [0.15, 0.2) is 69.5 Å². The molecule has 34 heteroatoms. The molecule has 4 aliphatic rings. The molecule has 3 fully saturated rings. The van der Waals surface area contributed by atoms with Crippen molar-refractivity contribution in [2.75, 3.05) is 57.1 Å². The monoisotopic (exact) mass is 1530 g/mol. The average Bonchev–Trinajstić information content (AvgIpc) is 1.59. The number of piperazine rings is 1. The van der Waals surface area contributed by atoms with Crippen molar-refractivity contribution in [3.05, 3.63) is 92.8 Å². The van der Waals surface area contributed by atoms with Gasteiger partial charge in [0.15, 0.2) is 39.1 Å². The van der Waals surface area contributed by atoms with Crippen molar-refractivity contribution in [2.45, 2.75) is 236 Å². The number of aliphatic imine (C=N–C) groups is 1. The van der Waals surface area contributed by atoms with Crippen LogP contribution in [0.2, 0.25) is 72.5 Å². The van der Waals surface area contributed by atoms with E-state index in [2.05, 4.69) is 30.8 Å². The number of rotatable bonds is 25. The summed E-state index contributed by atoms with van der Waals surface area (Å²) in [4.78, 5) is 65.0. The van der Waals surface area contributed by atoms with E-state index < -0.39 is 138 Å². The molecule has 568 valence electrons. The number of aromatic amines is 1. The Bertz CT molecular complexity index is 3870. The normalized spacial score (nSPS) is 23.0. The van der Waals surface area contributed by atoms with E-state index in [4.69, 9.17) is 38.8 Å². The third kappa shape index (κ3) is 17.9. The third-order valence-corrected chi connectivity index (χ3v) is 40.1. The van der Waals surface area contributed by atoms with Gasteiger partial charge in [0.25, 0.3) is 0 Å². The van der Waals surface area contributed by atoms with Crippen LogP contribution in [0.1, 0.15) is 119 Å². The number of H-pyrrole nitrogens is 1. The van der Waals surface area contributed by atoms with Gasteiger partial charge in [0.1, 0.15) is 59.3 Å². The fourth-order valence-electron chi connectivity index (χ4n) is 11.5. The molecular weight excluding hydrogens is 1420 g/mol. The zero-order chi connectivity index (χ0) is 76.2. The number of nitrogens with one attached hydrogen (secondary N) is 3. The van der Waals surface area contributed by atoms with Crippen LogP contribution >= 0.6 is 11.6 Å². The molecule has 0 radical (unpaired) electrons. The van der Waals surface area contributed by atoms with Gasteiger partial charge < -0.3 is 58.0 Å². The van der Waals surface area contributed by atoms with Gasteiger partial charge in [-0.1, -0.05) is 89.2 Å². The summed E-state index contributed by atoms with van der Waals surface area (Å²) in [5.74, 6) is -10.7. The largest absolute Gasteiger partial charge is 0.508 e. The molecule has 2 aromatic carbocycles. The molecule has 0 saturated carbocycles. The number of aromatic nitrogens is 5. The van der Waals surface area contributed by atoms with Crippen LogP contribution < -0.4 is 22.0 Å². The zero-order valence-electron chi connectivity index (χ0n) is 62.4. The first kappa shape index (κ1) is 82.1. The summed E-state index contributed by atoms with van der Waals surface area (Å²) < 4.78 is 123. The molecule has 6 N–H and O–H groups in total. The first-order valence-corrected chi connectivity index (χ1v) is 46.6. The SMILES string of the molecule is CC(CCC(C)(C)[Si](C)(C)OC[C@H]1O[C@@H](N2C=CC(NC(=O)CCl)=NC2O)C(F)(F)[C@@H]1O[Si](C)(C)C(C)(C)C)c1cc(-c2n[nH]c(=O)n2-c2ccc(CN3CCN(CC(=O)Nc4ccn([C@@H]5O[C@H](CO[Si](C)(C)C(C)(C)C)[C@@H](O[Si](C)(C)C(C)(C)C)C5(F)F)c(=O)n4)CC3)c(F)c2)c(O)cc1O. The highest BCUT2D eigenvalue weighted by atomic mass is 35.5. The summed E-state index contributed by atoms with van der Waals surface area (Å²) in [6, 6.07) is 8.25. The molecule has 0 aliphatic carbocycles. The molecule has 8 rings (SSSR count). The third-order valence-electron chi connectivity index (χ3n) is 22.1. The Morgan fingerprint density at radius 2 is 1.29 bits per heavy atom. The smallest absolute Gasteiger partial charge is 0.351 e. The summed E-state index contributed by atoms with van der Waals surface area (Å²) in [6.45, 7) is 40.5. The second-order valence-corrected chi connectivity index (χ2v) is 52.3. The van der Waals surface area contributed by atoms with Crippen LogP contribution in [0.5, 0.6) is 11.5 Å². The minimum absolute atomic E-state index is 0.0567. The lowest BCUT2D eigenvalue weighted by atomic mass is 9.90. The van der Waals surface area contributed by atoms with Gasteiger partial charge in [-0.3, -0.25) is 24.0 Å². The van der Waals surface area contributed by atoms with Crippen molar-refractivity contribution in [1.29, 1.82) is 0 Å². The maximum absolute atomic E-state index is 16.9. The van der Waals surface area contributed by atoms with E-state index in [1.54, 1.807) is 12.1 Å². The maximum atomic E-state index is 16.9. The molecule has 4 aromatic rings. The van der Waals surface area contributed by atoms with E-state index in [9.17, 15) is 34.5 Å². The van der Waals surface area contributed by atoms with Gasteiger partial charge in [-0.15, -0.1) is 11.6 Å². The summed E-state index contributed by atoms with van der Waals surface area (Å²) in [6.07, 6.45) is -7.36. The number of aliphatic hydroxyl groups is 1. The highest BCUT2D eigenvalue weighted by Gasteiger charge is 2.66. The lowest BCUT2D eigenvalue weighted by Gasteiger charge is -2.42. The van der Waals surface area contributed by atoms with Gasteiger partial charge in [-0.2, -0.15) is 27.6 Å². The number of phenols is 2. The van der Waals surface area contributed by atoms with Crippen molar-refractivity contribution < 1.29 is 74.0 Å². The van der Waals surface area contributed by atoms with E-state index in [1.807, 2.05) is 145 Å². The van der Waals surface area contributed by atoms with Gasteiger partial charge in [0, 0.05) is 56.8 Å². The van der Waals surface area contributed by atoms with E-state index >= 15 is 22.0 Å². The zero-order valence-corrected chi connectivity index (χ0v) is 67.1. The highest BCUT2D eigenvalue weighted by molar-refractivity contribution is 6.75. The van der Waals surface area contributed by atoms with Crippen molar-refractivity contribution in [3.63, 3.8) is 0 Å². The van der Waals surface area contributed by atoms with Crippen molar-refractivity contribution >= 4 is 68.3 Å². The number of aromatic hydroxyl groups is 2. The summed E-state index contributed by atoms with van der Waals surface area (Å²) >= 11 is 5.61. The molecule has 6 heterocycles. The van der Waals surface area contributed by atoms with E-state index in [0.29, 0.717) is 50.1 Å². The van der Waals surface area contributed by atoms with Crippen molar-refractivity contribution in [1.82, 2.24) is 44.3 Å². The number of alkyl halides is 5. The first-order valence-electron chi connectivity index (χ1n) is 34.5. The van der Waals surface area contributed by atoms with Crippen LogP contribution in [-0.2, 0) is 43.3 Å². The van der Waals surface area contributed by atoms with Crippen molar-refractivity contribution in [3.8, 4) is 28.6 Å². The predicted molar refractivity (Wildman–Crippen MR) is 390 cm³/mol. The van der Waals surface area contributed by atoms with Crippen LogP contribution in [0.3, 0.4) is 0 Å². The number of anilines is 1. The highest BCUT2D eigenvalue weighted by Crippen LogP contribution is 2.52. The molecule has 0 spiro atoms. The number of hydrogen-bond donors (Lipinski definition) is 6. The Morgan fingerprint density at radius 1 is 0.745 bits per heavy atom. The van der Waals surface area contributed by atoms with Crippen LogP contribution in [0.25, 0.3) is 17.1 Å². The molecule has 24 nitrogen and oxygen atoms in total. The maximum Gasteiger partial charge on any atom is 0.351 e. The minimum atomic E-state index is -3.68. The standard InChI is InChI=1S/C68H105ClF5N11O13Si4/c1-41(23-26-66(11,12)102(19,20)94-40-50-56(98-101(17,18)65(8,9)10)68(73,74)59(96-50)83-27-24-51(77-60(83)90)75-53(88)36-69)44-34-45(48(87)35-47(44)86)57-79-80-62(92)85(57)43-22-21-42(46(70)33-43)37-81-29-31-82(32-30-81)38-54(89)76-52-25-28-84(61(91)78-52)58-67(71,72)55(97-100(15,16)64(5,6)7)49(95-58)39-93-99(13,14)63(2,3)4/h21-22,24-25,27-28,33-35,41,49-50,55-56,58-60,86-87,90H,23,26,29-32,36-40H2,1-20H3,(H,80,92)(H,75,77,88)(H,76,78,89,91)/t41?,49-,50-,55-,56-,58-,59-,60?/m1/s1. The molecule has 3 saturated heterocycles. The number of amides is 2. The number of hydrogen-bond acceptors (Lipinski definition) is 19. The predicted octanol–water partition coefficient (Wildman–Crippen LogP) is 11.5. The molecule has 2 unspecified atom stereocenters. The number of phenolic OH excluding ortho intramolecular Hbond substituents is 2. The van der Waals surface area contributed by atoms with Crippen molar-refractivity contribution in [2.24, 2.45) is 4.99 Å². The summed E-state index contributed by atoms with van der Waals surface area (Å²) in [5.41, 5.74) is -0.881. The average molecular weight is 1530 g/mol. The number of amidine groups is 1. The van der Waals surface area contributed by atoms with Gasteiger partial charge in [-0.05, 0) is 127 Å². The van der Waals surface area contributed by atoms with E-state index in [-0.39, 0.29) is 77.6 Å². The van der Waals surface area contributed by atoms with Crippen LogP contribution in [-0.4, -0.2) is 206 Å². The number of nitrogens with zero attached hydrogens (tertiary/aromatic N) is 8. The quantitative estimate of drug-likeness (QED) is 0.0204. The molecule has 2 aromatic heterocycles. The van der Waals surface area contributed by atoms with Gasteiger partial charge in [0.2, 0.25) is 30.6 Å². The molecule has 8 atom stereocenters. The fraction of sp³-hybridized carbons (Fsp3) is 0.662. The van der Waals surface area contributed by atoms with E-state index in [0.717, 1.165) is 26.3 Å². The van der Waals surface area contributed by atoms with Crippen LogP contribution in [0, 0.1) is 5.82 Å². The minimum Gasteiger partial charge on any atom is -0.508 e.